The maximum atomic E-state index is 11.6. The zero-order valence-electron chi connectivity index (χ0n) is 9.21. The van der Waals surface area contributed by atoms with E-state index in [0.717, 1.165) is 4.90 Å². The number of carbonyl (C=O) groups is 1. The van der Waals surface area contributed by atoms with Crippen molar-refractivity contribution in [3.8, 4) is 0 Å². The maximum absolute atomic E-state index is 11.6. The van der Waals surface area contributed by atoms with Crippen molar-refractivity contribution in [3.05, 3.63) is 24.3 Å². The summed E-state index contributed by atoms with van der Waals surface area (Å²) in [6, 6.07) is 6.96. The van der Waals surface area contributed by atoms with Crippen LogP contribution in [0.3, 0.4) is 0 Å². The van der Waals surface area contributed by atoms with Gasteiger partial charge in [0.1, 0.15) is 0 Å². The first-order valence-corrected chi connectivity index (χ1v) is 7.67. The number of carboxylic acid groups (broad SMARTS) is 1. The summed E-state index contributed by atoms with van der Waals surface area (Å²) in [6.07, 6.45) is 1.43. The van der Waals surface area contributed by atoms with Crippen LogP contribution in [0.2, 0.25) is 0 Å². The normalized spacial score (nSPS) is 11.1. The molecule has 2 N–H and O–H groups in total. The first-order chi connectivity index (χ1) is 7.94. The van der Waals surface area contributed by atoms with E-state index in [9.17, 15) is 13.2 Å². The number of nitrogens with one attached hydrogen (secondary N) is 1. The Balaban J connectivity index is 2.79. The van der Waals surface area contributed by atoms with Crippen molar-refractivity contribution in [1.29, 1.82) is 0 Å². The molecule has 0 fully saturated rings. The molecule has 0 bridgehead atoms. The van der Waals surface area contributed by atoms with Crippen molar-refractivity contribution in [3.63, 3.8) is 0 Å². The number of sulfonamides is 1. The van der Waals surface area contributed by atoms with Crippen molar-refractivity contribution in [1.82, 2.24) is 0 Å². The standard InChI is InChI=1S/C10H13NO4S2/c1-16-9-5-3-2-4-8(9)11-17(14,15)7-6-10(12)13/h2-5,11H,6-7H2,1H3,(H,12,13). The summed E-state index contributed by atoms with van der Waals surface area (Å²) in [6.45, 7) is 0. The molecule has 0 saturated heterocycles. The van der Waals surface area contributed by atoms with Gasteiger partial charge < -0.3 is 5.11 Å². The predicted octanol–water partition coefficient (Wildman–Crippen LogP) is 1.62. The van der Waals surface area contributed by atoms with Crippen LogP contribution in [0.15, 0.2) is 29.2 Å². The molecule has 0 spiro atoms. The third-order valence-corrected chi connectivity index (χ3v) is 4.03. The van der Waals surface area contributed by atoms with Crippen LogP contribution in [-0.2, 0) is 14.8 Å². The second-order valence-electron chi connectivity index (χ2n) is 3.26. The molecule has 0 aliphatic carbocycles. The van der Waals surface area contributed by atoms with Gasteiger partial charge in [-0.2, -0.15) is 0 Å². The minimum absolute atomic E-state index is 0.406. The molecule has 94 valence electrons. The van der Waals surface area contributed by atoms with E-state index < -0.39 is 28.2 Å². The quantitative estimate of drug-likeness (QED) is 0.771. The van der Waals surface area contributed by atoms with E-state index in [-0.39, 0.29) is 0 Å². The molecule has 7 heteroatoms. The van der Waals surface area contributed by atoms with Crippen LogP contribution in [0.25, 0.3) is 0 Å². The highest BCUT2D eigenvalue weighted by molar-refractivity contribution is 7.99. The number of rotatable bonds is 6. The molecule has 1 aromatic carbocycles. The first kappa shape index (κ1) is 13.9. The number of carboxylic acids is 1. The van der Waals surface area contributed by atoms with Gasteiger partial charge in [0.25, 0.3) is 0 Å². The number of hydrogen-bond acceptors (Lipinski definition) is 4. The lowest BCUT2D eigenvalue weighted by atomic mass is 10.3. The van der Waals surface area contributed by atoms with Crippen molar-refractivity contribution in [2.24, 2.45) is 0 Å². The minimum Gasteiger partial charge on any atom is -0.481 e. The van der Waals surface area contributed by atoms with Crippen molar-refractivity contribution in [2.45, 2.75) is 11.3 Å². The van der Waals surface area contributed by atoms with E-state index in [1.54, 1.807) is 24.3 Å². The summed E-state index contributed by atoms with van der Waals surface area (Å²) in [5.74, 6) is -1.56. The van der Waals surface area contributed by atoms with Crippen LogP contribution >= 0.6 is 11.8 Å². The zero-order valence-corrected chi connectivity index (χ0v) is 10.8. The third kappa shape index (κ3) is 4.66. The third-order valence-electron chi connectivity index (χ3n) is 1.96. The summed E-state index contributed by atoms with van der Waals surface area (Å²) in [4.78, 5) is 11.1. The summed E-state index contributed by atoms with van der Waals surface area (Å²) < 4.78 is 25.6. The molecular formula is C10H13NO4S2. The molecule has 0 aliphatic heterocycles. The molecule has 1 aromatic rings. The Morgan fingerprint density at radius 2 is 2.06 bits per heavy atom. The Labute approximate surface area is 104 Å². The highest BCUT2D eigenvalue weighted by Gasteiger charge is 2.14. The van der Waals surface area contributed by atoms with Crippen LogP contribution in [0.1, 0.15) is 6.42 Å². The largest absolute Gasteiger partial charge is 0.481 e. The molecular weight excluding hydrogens is 262 g/mol. The molecule has 0 radical (unpaired) electrons. The lowest BCUT2D eigenvalue weighted by Gasteiger charge is -2.10. The average Bonchev–Trinajstić information content (AvgIpc) is 2.27. The topological polar surface area (TPSA) is 83.5 Å². The fourth-order valence-electron chi connectivity index (χ4n) is 1.17. The van der Waals surface area contributed by atoms with E-state index in [0.29, 0.717) is 5.69 Å². The van der Waals surface area contributed by atoms with Gasteiger partial charge >= 0.3 is 5.97 Å². The number of anilines is 1. The second kappa shape index (κ2) is 5.92. The molecule has 0 unspecified atom stereocenters. The van der Waals surface area contributed by atoms with E-state index in [2.05, 4.69) is 4.72 Å². The van der Waals surface area contributed by atoms with Gasteiger partial charge in [-0.3, -0.25) is 9.52 Å². The monoisotopic (exact) mass is 275 g/mol. The van der Waals surface area contributed by atoms with Gasteiger partial charge in [0, 0.05) is 4.90 Å². The Morgan fingerprint density at radius 3 is 2.65 bits per heavy atom. The summed E-state index contributed by atoms with van der Waals surface area (Å²) in [5, 5.41) is 8.45. The van der Waals surface area contributed by atoms with Gasteiger partial charge in [-0.1, -0.05) is 12.1 Å². The van der Waals surface area contributed by atoms with Crippen molar-refractivity contribution >= 4 is 33.4 Å². The number of benzene rings is 1. The van der Waals surface area contributed by atoms with Crippen LogP contribution in [0, 0.1) is 0 Å². The first-order valence-electron chi connectivity index (χ1n) is 4.80. The lowest BCUT2D eigenvalue weighted by molar-refractivity contribution is -0.136. The Morgan fingerprint density at radius 1 is 1.41 bits per heavy atom. The number of para-hydroxylation sites is 1. The molecule has 5 nitrogen and oxygen atoms in total. The highest BCUT2D eigenvalue weighted by atomic mass is 32.2. The number of aliphatic carboxylic acids is 1. The van der Waals surface area contributed by atoms with Crippen LogP contribution < -0.4 is 4.72 Å². The minimum atomic E-state index is -3.61. The molecule has 0 amide bonds. The highest BCUT2D eigenvalue weighted by Crippen LogP contribution is 2.25. The number of hydrogen-bond donors (Lipinski definition) is 2. The molecule has 0 atom stereocenters. The second-order valence-corrected chi connectivity index (χ2v) is 5.95. The van der Waals surface area contributed by atoms with E-state index in [1.807, 2.05) is 6.26 Å². The van der Waals surface area contributed by atoms with Crippen LogP contribution in [0.4, 0.5) is 5.69 Å². The molecule has 1 rings (SSSR count). The zero-order chi connectivity index (χ0) is 12.9. The smallest absolute Gasteiger partial charge is 0.304 e. The average molecular weight is 275 g/mol. The lowest BCUT2D eigenvalue weighted by Crippen LogP contribution is -2.19. The molecule has 0 heterocycles. The summed E-state index contributed by atoms with van der Waals surface area (Å²) in [7, 11) is -3.61. The van der Waals surface area contributed by atoms with Gasteiger partial charge in [-0.15, -0.1) is 11.8 Å². The van der Waals surface area contributed by atoms with Gasteiger partial charge in [0.15, 0.2) is 0 Å². The molecule has 0 aliphatic rings. The van der Waals surface area contributed by atoms with Gasteiger partial charge in [0.05, 0.1) is 17.9 Å². The van der Waals surface area contributed by atoms with E-state index >= 15 is 0 Å². The summed E-state index contributed by atoms with van der Waals surface area (Å²) in [5.41, 5.74) is 0.477. The predicted molar refractivity (Wildman–Crippen MR) is 67.9 cm³/mol. The SMILES string of the molecule is CSc1ccccc1NS(=O)(=O)CCC(=O)O. The Bertz CT molecular complexity index is 499. The van der Waals surface area contributed by atoms with Crippen molar-refractivity contribution in [2.75, 3.05) is 16.7 Å². The number of thioether (sulfide) groups is 1. The van der Waals surface area contributed by atoms with Crippen LogP contribution in [-0.4, -0.2) is 31.5 Å². The Kier molecular flexibility index (Phi) is 4.83. The van der Waals surface area contributed by atoms with Crippen LogP contribution in [0.5, 0.6) is 0 Å². The van der Waals surface area contributed by atoms with E-state index in [1.165, 1.54) is 11.8 Å². The van der Waals surface area contributed by atoms with Gasteiger partial charge in [-0.05, 0) is 18.4 Å². The molecule has 17 heavy (non-hydrogen) atoms. The summed E-state index contributed by atoms with van der Waals surface area (Å²) >= 11 is 1.42. The maximum Gasteiger partial charge on any atom is 0.304 e. The van der Waals surface area contributed by atoms with Crippen molar-refractivity contribution < 1.29 is 18.3 Å². The molecule has 0 aromatic heterocycles. The Hall–Kier alpha value is -1.21. The van der Waals surface area contributed by atoms with Gasteiger partial charge in [0.2, 0.25) is 10.0 Å². The van der Waals surface area contributed by atoms with E-state index in [4.69, 9.17) is 5.11 Å². The molecule has 0 saturated carbocycles. The fraction of sp³-hybridized carbons (Fsp3) is 0.300. The fourth-order valence-corrected chi connectivity index (χ4v) is 2.85. The van der Waals surface area contributed by atoms with Gasteiger partial charge in [-0.25, -0.2) is 8.42 Å².